The molecule has 6 heteroatoms. The molecule has 4 nitrogen and oxygen atoms in total. The van der Waals surface area contributed by atoms with Crippen LogP contribution in [0.2, 0.25) is 0 Å². The van der Waals surface area contributed by atoms with E-state index in [4.69, 9.17) is 0 Å². The Labute approximate surface area is 106 Å². The molecule has 17 heavy (non-hydrogen) atoms. The molecule has 0 aliphatic heterocycles. The van der Waals surface area contributed by atoms with Crippen molar-refractivity contribution < 1.29 is 9.18 Å². The highest BCUT2D eigenvalue weighted by Gasteiger charge is 2.11. The zero-order chi connectivity index (χ0) is 12.4. The predicted molar refractivity (Wildman–Crippen MR) is 65.3 cm³/mol. The van der Waals surface area contributed by atoms with E-state index in [0.717, 1.165) is 4.47 Å². The molecule has 0 radical (unpaired) electrons. The van der Waals surface area contributed by atoms with Crippen LogP contribution in [-0.4, -0.2) is 15.5 Å². The number of hydrogen-bond acceptors (Lipinski definition) is 2. The lowest BCUT2D eigenvalue weighted by atomic mass is 10.4. The molecule has 0 saturated carbocycles. The molecule has 0 atom stereocenters. The molecule has 0 aliphatic carbocycles. The van der Waals surface area contributed by atoms with E-state index in [-0.39, 0.29) is 11.7 Å². The summed E-state index contributed by atoms with van der Waals surface area (Å²) in [7, 11) is 1.75. The number of aromatic nitrogens is 2. The smallest absolute Gasteiger partial charge is 0.273 e. The van der Waals surface area contributed by atoms with Crippen LogP contribution in [0, 0.1) is 5.95 Å². The van der Waals surface area contributed by atoms with Crippen LogP contribution < -0.4 is 5.32 Å². The summed E-state index contributed by atoms with van der Waals surface area (Å²) >= 11 is 3.27. The zero-order valence-corrected chi connectivity index (χ0v) is 10.5. The summed E-state index contributed by atoms with van der Waals surface area (Å²) in [4.78, 5) is 15.4. The fourth-order valence-corrected chi connectivity index (χ4v) is 1.93. The number of hydrogen-bond donors (Lipinski definition) is 1. The Bertz CT molecular complexity index is 568. The number of aryl methyl sites for hydroxylation is 1. The van der Waals surface area contributed by atoms with Gasteiger partial charge in [0.05, 0.1) is 0 Å². The van der Waals surface area contributed by atoms with Gasteiger partial charge in [0, 0.05) is 17.7 Å². The third kappa shape index (κ3) is 2.71. The molecule has 0 fully saturated rings. The topological polar surface area (TPSA) is 46.9 Å². The highest BCUT2D eigenvalue weighted by Crippen LogP contribution is 2.15. The van der Waals surface area contributed by atoms with E-state index in [0.29, 0.717) is 5.69 Å². The van der Waals surface area contributed by atoms with Crippen LogP contribution in [0.4, 0.5) is 10.2 Å². The molecule has 1 N–H and O–H groups in total. The van der Waals surface area contributed by atoms with Crippen molar-refractivity contribution >= 4 is 27.7 Å². The van der Waals surface area contributed by atoms with Gasteiger partial charge in [0.2, 0.25) is 5.95 Å². The molecule has 0 spiro atoms. The third-order valence-electron chi connectivity index (χ3n) is 2.16. The van der Waals surface area contributed by atoms with Gasteiger partial charge < -0.3 is 9.88 Å². The van der Waals surface area contributed by atoms with Crippen molar-refractivity contribution in [3.8, 4) is 0 Å². The molecule has 88 valence electrons. The first kappa shape index (κ1) is 11.8. The lowest BCUT2D eigenvalue weighted by Gasteiger charge is -2.04. The Morgan fingerprint density at radius 3 is 2.88 bits per heavy atom. The van der Waals surface area contributed by atoms with Gasteiger partial charge in [-0.15, -0.1) is 0 Å². The van der Waals surface area contributed by atoms with Gasteiger partial charge in [-0.05, 0) is 34.1 Å². The van der Waals surface area contributed by atoms with Crippen molar-refractivity contribution in [2.45, 2.75) is 0 Å². The number of pyridine rings is 1. The van der Waals surface area contributed by atoms with E-state index in [1.54, 1.807) is 23.9 Å². The highest BCUT2D eigenvalue weighted by molar-refractivity contribution is 9.10. The monoisotopic (exact) mass is 297 g/mol. The third-order valence-corrected chi connectivity index (χ3v) is 2.59. The fourth-order valence-electron chi connectivity index (χ4n) is 1.41. The van der Waals surface area contributed by atoms with Crippen molar-refractivity contribution in [2.24, 2.45) is 7.05 Å². The Morgan fingerprint density at radius 2 is 2.29 bits per heavy atom. The lowest BCUT2D eigenvalue weighted by molar-refractivity contribution is 0.101. The van der Waals surface area contributed by atoms with Gasteiger partial charge in [-0.25, -0.2) is 4.98 Å². The summed E-state index contributed by atoms with van der Waals surface area (Å²) < 4.78 is 15.3. The largest absolute Gasteiger partial charge is 0.345 e. The number of halogens is 2. The second kappa shape index (κ2) is 4.67. The second-order valence-corrected chi connectivity index (χ2v) is 4.37. The maximum absolute atomic E-state index is 12.8. The van der Waals surface area contributed by atoms with Crippen LogP contribution in [0.25, 0.3) is 0 Å². The molecule has 2 rings (SSSR count). The summed E-state index contributed by atoms with van der Waals surface area (Å²) in [6.07, 6.45) is 1.76. The number of amides is 1. The van der Waals surface area contributed by atoms with Crippen molar-refractivity contribution in [3.05, 3.63) is 46.6 Å². The van der Waals surface area contributed by atoms with E-state index in [2.05, 4.69) is 26.2 Å². The summed E-state index contributed by atoms with van der Waals surface area (Å²) in [5, 5.41) is 2.52. The summed E-state index contributed by atoms with van der Waals surface area (Å²) in [6, 6.07) is 5.90. The molecule has 2 heterocycles. The van der Waals surface area contributed by atoms with Gasteiger partial charge >= 0.3 is 0 Å². The predicted octanol–water partition coefficient (Wildman–Crippen LogP) is 2.57. The minimum atomic E-state index is -0.629. The number of rotatable bonds is 2. The molecular weight excluding hydrogens is 289 g/mol. The van der Waals surface area contributed by atoms with Crippen LogP contribution in [0.3, 0.4) is 0 Å². The summed E-state index contributed by atoms with van der Waals surface area (Å²) in [6.45, 7) is 0. The molecule has 0 saturated heterocycles. The lowest BCUT2D eigenvalue weighted by Crippen LogP contribution is -2.16. The van der Waals surface area contributed by atoms with Gasteiger partial charge in [0.15, 0.2) is 0 Å². The van der Waals surface area contributed by atoms with E-state index in [9.17, 15) is 9.18 Å². The van der Waals surface area contributed by atoms with Crippen LogP contribution >= 0.6 is 15.9 Å². The minimum absolute atomic E-state index is 0.187. The van der Waals surface area contributed by atoms with Crippen LogP contribution in [0.5, 0.6) is 0 Å². The van der Waals surface area contributed by atoms with Crippen molar-refractivity contribution in [1.82, 2.24) is 9.55 Å². The first-order chi connectivity index (χ1) is 8.06. The molecule has 0 unspecified atom stereocenters. The zero-order valence-electron chi connectivity index (χ0n) is 8.95. The molecule has 2 aromatic rings. The molecule has 0 aliphatic rings. The average Bonchev–Trinajstić information content (AvgIpc) is 2.58. The van der Waals surface area contributed by atoms with E-state index in [1.165, 1.54) is 18.2 Å². The molecule has 2 aromatic heterocycles. The Kier molecular flexibility index (Phi) is 3.23. The highest BCUT2D eigenvalue weighted by atomic mass is 79.9. The Morgan fingerprint density at radius 1 is 1.53 bits per heavy atom. The first-order valence-corrected chi connectivity index (χ1v) is 5.61. The molecular formula is C11H9BrFN3O. The van der Waals surface area contributed by atoms with Gasteiger partial charge in [-0.2, -0.15) is 4.39 Å². The molecule has 0 bridgehead atoms. The molecule has 0 aromatic carbocycles. The van der Waals surface area contributed by atoms with Crippen LogP contribution in [-0.2, 0) is 7.05 Å². The van der Waals surface area contributed by atoms with Crippen molar-refractivity contribution in [3.63, 3.8) is 0 Å². The van der Waals surface area contributed by atoms with Crippen molar-refractivity contribution in [1.29, 1.82) is 0 Å². The normalized spacial score (nSPS) is 10.3. The number of carbonyl (C=O) groups excluding carboxylic acids is 1. The van der Waals surface area contributed by atoms with Crippen LogP contribution in [0.15, 0.2) is 34.9 Å². The van der Waals surface area contributed by atoms with E-state index in [1.807, 2.05) is 0 Å². The average molecular weight is 298 g/mol. The SMILES string of the molecule is Cn1cc(Br)cc1C(=O)Nc1cccc(F)n1. The Hall–Kier alpha value is -1.69. The number of nitrogens with one attached hydrogen (secondary N) is 1. The second-order valence-electron chi connectivity index (χ2n) is 3.45. The van der Waals surface area contributed by atoms with Gasteiger partial charge in [-0.3, -0.25) is 4.79 Å². The quantitative estimate of drug-likeness (QED) is 0.866. The van der Waals surface area contributed by atoms with E-state index < -0.39 is 5.95 Å². The van der Waals surface area contributed by atoms with E-state index >= 15 is 0 Å². The van der Waals surface area contributed by atoms with Gasteiger partial charge in [0.25, 0.3) is 5.91 Å². The van der Waals surface area contributed by atoms with Gasteiger partial charge in [0.1, 0.15) is 11.5 Å². The fraction of sp³-hybridized carbons (Fsp3) is 0.0909. The first-order valence-electron chi connectivity index (χ1n) is 4.82. The number of anilines is 1. The van der Waals surface area contributed by atoms with Crippen LogP contribution in [0.1, 0.15) is 10.5 Å². The number of carbonyl (C=O) groups is 1. The maximum atomic E-state index is 12.8. The minimum Gasteiger partial charge on any atom is -0.345 e. The maximum Gasteiger partial charge on any atom is 0.273 e. The molecule has 1 amide bonds. The summed E-state index contributed by atoms with van der Waals surface area (Å²) in [5.74, 6) is -0.778. The standard InChI is InChI=1S/C11H9BrFN3O/c1-16-6-7(12)5-8(16)11(17)15-10-4-2-3-9(13)14-10/h2-6H,1H3,(H,14,15,17). The number of nitrogens with zero attached hydrogens (tertiary/aromatic N) is 2. The summed E-state index contributed by atoms with van der Waals surface area (Å²) in [5.41, 5.74) is 0.461. The van der Waals surface area contributed by atoms with Crippen molar-refractivity contribution in [2.75, 3.05) is 5.32 Å². The Balaban J connectivity index is 2.20. The van der Waals surface area contributed by atoms with Gasteiger partial charge in [-0.1, -0.05) is 6.07 Å².